The van der Waals surface area contributed by atoms with Crippen LogP contribution in [-0.2, 0) is 22.4 Å². The van der Waals surface area contributed by atoms with Gasteiger partial charge in [0.25, 0.3) is 0 Å². The molecular weight excluding hydrogens is 454 g/mol. The van der Waals surface area contributed by atoms with Gasteiger partial charge in [0.2, 0.25) is 5.95 Å². The van der Waals surface area contributed by atoms with E-state index in [1.165, 1.54) is 0 Å². The number of nitrogens with zero attached hydrogens (tertiary/aromatic N) is 5. The lowest BCUT2D eigenvalue weighted by molar-refractivity contribution is -0.119. The third-order valence-corrected chi connectivity index (χ3v) is 6.84. The normalized spacial score (nSPS) is 15.8. The maximum absolute atomic E-state index is 12.9. The second-order valence-corrected chi connectivity index (χ2v) is 9.50. The molecule has 1 aliphatic heterocycles. The van der Waals surface area contributed by atoms with Gasteiger partial charge in [-0.15, -0.1) is 0 Å². The molecule has 1 saturated heterocycles. The van der Waals surface area contributed by atoms with Crippen LogP contribution in [-0.4, -0.2) is 57.6 Å². The first-order chi connectivity index (χ1) is 17.6. The standard InChI is InChI=1S/C28H27N5O3/c34-26(21-4-5-21)14-19-1-6-24(7-2-19)33-25-8-3-20(13-22(25)18-31-33)15-27(35)23-16-29-28(30-17-23)32-9-11-36-12-10-32/h1-3,6-8,13,16-18,21H,4-5,9-12,14-15H2. The number of rotatable bonds is 8. The zero-order valence-corrected chi connectivity index (χ0v) is 20.0. The number of fused-ring (bicyclic) bond motifs is 1. The van der Waals surface area contributed by atoms with E-state index in [0.29, 0.717) is 36.9 Å². The summed E-state index contributed by atoms with van der Waals surface area (Å²) in [5, 5.41) is 5.52. The average Bonchev–Trinajstić information content (AvgIpc) is 3.70. The van der Waals surface area contributed by atoms with Crippen LogP contribution in [0.2, 0.25) is 0 Å². The first-order valence-corrected chi connectivity index (χ1v) is 12.4. The summed E-state index contributed by atoms with van der Waals surface area (Å²) in [5.41, 5.74) is 4.36. The molecule has 4 aromatic rings. The molecule has 2 aliphatic rings. The number of aromatic nitrogens is 4. The highest BCUT2D eigenvalue weighted by Gasteiger charge is 2.29. The van der Waals surface area contributed by atoms with E-state index in [0.717, 1.165) is 53.6 Å². The smallest absolute Gasteiger partial charge is 0.225 e. The van der Waals surface area contributed by atoms with Crippen molar-refractivity contribution in [1.82, 2.24) is 19.7 Å². The Kier molecular flexibility index (Phi) is 6.03. The van der Waals surface area contributed by atoms with Crippen molar-refractivity contribution in [3.05, 3.63) is 77.7 Å². The van der Waals surface area contributed by atoms with E-state index in [1.807, 2.05) is 53.3 Å². The van der Waals surface area contributed by atoms with E-state index in [2.05, 4.69) is 20.0 Å². The minimum Gasteiger partial charge on any atom is -0.378 e. The summed E-state index contributed by atoms with van der Waals surface area (Å²) in [7, 11) is 0. The number of morpholine rings is 1. The van der Waals surface area contributed by atoms with Crippen LogP contribution in [0.1, 0.15) is 34.3 Å². The van der Waals surface area contributed by atoms with Crippen LogP contribution >= 0.6 is 0 Å². The molecule has 8 heteroatoms. The van der Waals surface area contributed by atoms with Gasteiger partial charge in [-0.1, -0.05) is 18.2 Å². The number of hydrogen-bond acceptors (Lipinski definition) is 7. The van der Waals surface area contributed by atoms with Gasteiger partial charge in [0.15, 0.2) is 5.78 Å². The zero-order chi connectivity index (χ0) is 24.5. The second-order valence-electron chi connectivity index (χ2n) is 9.50. The highest BCUT2D eigenvalue weighted by Crippen LogP contribution is 2.31. The van der Waals surface area contributed by atoms with Gasteiger partial charge < -0.3 is 9.64 Å². The number of hydrogen-bond donors (Lipinski definition) is 0. The van der Waals surface area contributed by atoms with Crippen molar-refractivity contribution >= 4 is 28.4 Å². The lowest BCUT2D eigenvalue weighted by Crippen LogP contribution is -2.37. The Morgan fingerprint density at radius 2 is 1.61 bits per heavy atom. The number of ether oxygens (including phenoxy) is 1. The number of carbonyl (C=O) groups excluding carboxylic acids is 2. The molecule has 0 radical (unpaired) electrons. The van der Waals surface area contributed by atoms with Gasteiger partial charge in [0, 0.05) is 49.6 Å². The average molecular weight is 482 g/mol. The topological polar surface area (TPSA) is 90.2 Å². The van der Waals surface area contributed by atoms with Crippen molar-refractivity contribution < 1.29 is 14.3 Å². The lowest BCUT2D eigenvalue weighted by Gasteiger charge is -2.26. The van der Waals surface area contributed by atoms with E-state index in [9.17, 15) is 9.59 Å². The molecule has 0 bridgehead atoms. The van der Waals surface area contributed by atoms with Crippen molar-refractivity contribution in [1.29, 1.82) is 0 Å². The Balaban J connectivity index is 1.14. The van der Waals surface area contributed by atoms with Crippen molar-refractivity contribution in [3.8, 4) is 5.69 Å². The Bertz CT molecular complexity index is 1400. The molecule has 2 aromatic carbocycles. The molecule has 0 spiro atoms. The fraction of sp³-hybridized carbons (Fsp3) is 0.321. The summed E-state index contributed by atoms with van der Waals surface area (Å²) in [6.07, 6.45) is 7.89. The van der Waals surface area contributed by atoms with Gasteiger partial charge in [-0.2, -0.15) is 5.10 Å². The molecule has 2 fully saturated rings. The molecule has 2 aromatic heterocycles. The predicted octanol–water partition coefficient (Wildman–Crippen LogP) is 3.60. The van der Waals surface area contributed by atoms with Crippen molar-refractivity contribution in [2.24, 2.45) is 5.92 Å². The number of benzene rings is 2. The van der Waals surface area contributed by atoms with Gasteiger partial charge in [0.1, 0.15) is 5.78 Å². The summed E-state index contributed by atoms with van der Waals surface area (Å²) in [6.45, 7) is 2.84. The fourth-order valence-electron chi connectivity index (χ4n) is 4.58. The van der Waals surface area contributed by atoms with Gasteiger partial charge >= 0.3 is 0 Å². The summed E-state index contributed by atoms with van der Waals surface area (Å²) >= 11 is 0. The van der Waals surface area contributed by atoms with Crippen molar-refractivity contribution in [3.63, 3.8) is 0 Å². The number of anilines is 1. The van der Waals surface area contributed by atoms with Gasteiger partial charge in [0.05, 0.1) is 36.2 Å². The lowest BCUT2D eigenvalue weighted by atomic mass is 10.0. The quantitative estimate of drug-likeness (QED) is 0.355. The molecule has 36 heavy (non-hydrogen) atoms. The molecule has 1 aliphatic carbocycles. The number of carbonyl (C=O) groups is 2. The highest BCUT2D eigenvalue weighted by molar-refractivity contribution is 5.97. The minimum atomic E-state index is -0.0217. The molecule has 0 N–H and O–H groups in total. The third kappa shape index (κ3) is 4.77. The maximum Gasteiger partial charge on any atom is 0.225 e. The molecule has 182 valence electrons. The van der Waals surface area contributed by atoms with E-state index in [4.69, 9.17) is 4.74 Å². The van der Waals surface area contributed by atoms with Crippen LogP contribution in [0.25, 0.3) is 16.6 Å². The molecule has 0 unspecified atom stereocenters. The SMILES string of the molecule is O=C(Cc1ccc2c(cnn2-c2ccc(CC(=O)C3CC3)cc2)c1)c1cnc(N2CCOCC2)nc1. The second kappa shape index (κ2) is 9.62. The van der Waals surface area contributed by atoms with Gasteiger partial charge in [-0.25, -0.2) is 14.6 Å². The zero-order valence-electron chi connectivity index (χ0n) is 20.0. The maximum atomic E-state index is 12.9. The van der Waals surface area contributed by atoms with Crippen molar-refractivity contribution in [2.75, 3.05) is 31.2 Å². The number of ketones is 2. The Morgan fingerprint density at radius 1 is 0.889 bits per heavy atom. The monoisotopic (exact) mass is 481 g/mol. The van der Waals surface area contributed by atoms with Crippen LogP contribution in [0.15, 0.2) is 61.1 Å². The van der Waals surface area contributed by atoms with Gasteiger partial charge in [-0.3, -0.25) is 9.59 Å². The van der Waals surface area contributed by atoms with Crippen LogP contribution in [0.3, 0.4) is 0 Å². The summed E-state index contributed by atoms with van der Waals surface area (Å²) in [5.74, 6) is 1.23. The molecule has 6 rings (SSSR count). The summed E-state index contributed by atoms with van der Waals surface area (Å²) in [4.78, 5) is 35.8. The van der Waals surface area contributed by atoms with E-state index < -0.39 is 0 Å². The number of Topliss-reactive ketones (excluding diaryl/α,β-unsaturated/α-hetero) is 2. The molecule has 1 saturated carbocycles. The largest absolute Gasteiger partial charge is 0.378 e. The molecule has 8 nitrogen and oxygen atoms in total. The summed E-state index contributed by atoms with van der Waals surface area (Å²) < 4.78 is 7.24. The van der Waals surface area contributed by atoms with E-state index >= 15 is 0 Å². The van der Waals surface area contributed by atoms with Crippen LogP contribution in [0, 0.1) is 5.92 Å². The van der Waals surface area contributed by atoms with Crippen LogP contribution in [0.5, 0.6) is 0 Å². The highest BCUT2D eigenvalue weighted by atomic mass is 16.5. The Hall–Kier alpha value is -3.91. The first kappa shape index (κ1) is 22.5. The molecule has 0 amide bonds. The third-order valence-electron chi connectivity index (χ3n) is 6.84. The molecular formula is C28H27N5O3. The van der Waals surface area contributed by atoms with Crippen LogP contribution in [0.4, 0.5) is 5.95 Å². The fourth-order valence-corrected chi connectivity index (χ4v) is 4.58. The Morgan fingerprint density at radius 3 is 2.33 bits per heavy atom. The minimum absolute atomic E-state index is 0.0217. The molecule has 3 heterocycles. The predicted molar refractivity (Wildman–Crippen MR) is 136 cm³/mol. The summed E-state index contributed by atoms with van der Waals surface area (Å²) in [6, 6.07) is 14.0. The van der Waals surface area contributed by atoms with Gasteiger partial charge in [-0.05, 0) is 48.2 Å². The van der Waals surface area contributed by atoms with E-state index in [-0.39, 0.29) is 18.1 Å². The Labute approximate surface area is 208 Å². The van der Waals surface area contributed by atoms with Crippen LogP contribution < -0.4 is 4.90 Å². The first-order valence-electron chi connectivity index (χ1n) is 12.4. The van der Waals surface area contributed by atoms with Crippen molar-refractivity contribution in [2.45, 2.75) is 25.7 Å². The van der Waals surface area contributed by atoms with E-state index in [1.54, 1.807) is 12.4 Å². The molecule has 0 atom stereocenters.